The van der Waals surface area contributed by atoms with Crippen molar-refractivity contribution in [3.63, 3.8) is 0 Å². The highest BCUT2D eigenvalue weighted by molar-refractivity contribution is 5.73. The smallest absolute Gasteiger partial charge is 0.320 e. The molecule has 94 valence electrons. The molecule has 1 aromatic rings. The van der Waals surface area contributed by atoms with Crippen molar-refractivity contribution in [2.45, 2.75) is 38.9 Å². The molecule has 0 unspecified atom stereocenters. The van der Waals surface area contributed by atoms with Gasteiger partial charge in [0.1, 0.15) is 6.04 Å². The summed E-state index contributed by atoms with van der Waals surface area (Å²) in [6, 6.07) is 7.49. The Morgan fingerprint density at radius 2 is 1.82 bits per heavy atom. The SMILES string of the molecule is CC(C)NCc1ccc(C[C@H](N)C(=O)O)cc1. The van der Waals surface area contributed by atoms with Gasteiger partial charge in [-0.1, -0.05) is 38.1 Å². The zero-order valence-corrected chi connectivity index (χ0v) is 10.3. The number of hydrogen-bond acceptors (Lipinski definition) is 3. The second kappa shape index (κ2) is 6.37. The van der Waals surface area contributed by atoms with Crippen molar-refractivity contribution in [1.82, 2.24) is 5.32 Å². The third-order valence-electron chi connectivity index (χ3n) is 2.51. The summed E-state index contributed by atoms with van der Waals surface area (Å²) in [7, 11) is 0. The number of carboxylic acids is 1. The van der Waals surface area contributed by atoms with Crippen LogP contribution in [0.3, 0.4) is 0 Å². The van der Waals surface area contributed by atoms with Gasteiger partial charge in [-0.3, -0.25) is 4.79 Å². The fraction of sp³-hybridized carbons (Fsp3) is 0.462. The lowest BCUT2D eigenvalue weighted by molar-refractivity contribution is -0.138. The average Bonchev–Trinajstić information content (AvgIpc) is 2.28. The van der Waals surface area contributed by atoms with Gasteiger partial charge in [-0.2, -0.15) is 0 Å². The number of hydrogen-bond donors (Lipinski definition) is 3. The van der Waals surface area contributed by atoms with Crippen molar-refractivity contribution < 1.29 is 9.90 Å². The van der Waals surface area contributed by atoms with Gasteiger partial charge in [0, 0.05) is 12.6 Å². The van der Waals surface area contributed by atoms with Crippen LogP contribution < -0.4 is 11.1 Å². The van der Waals surface area contributed by atoms with E-state index < -0.39 is 12.0 Å². The third kappa shape index (κ3) is 4.97. The Labute approximate surface area is 102 Å². The summed E-state index contributed by atoms with van der Waals surface area (Å²) < 4.78 is 0. The third-order valence-corrected chi connectivity index (χ3v) is 2.51. The monoisotopic (exact) mass is 236 g/mol. The maximum absolute atomic E-state index is 10.6. The summed E-state index contributed by atoms with van der Waals surface area (Å²) in [6.07, 6.45) is 0.368. The van der Waals surface area contributed by atoms with Crippen molar-refractivity contribution in [2.24, 2.45) is 5.73 Å². The van der Waals surface area contributed by atoms with Gasteiger partial charge in [-0.15, -0.1) is 0 Å². The fourth-order valence-corrected chi connectivity index (χ4v) is 1.46. The summed E-state index contributed by atoms with van der Waals surface area (Å²) in [5.41, 5.74) is 7.61. The van der Waals surface area contributed by atoms with E-state index >= 15 is 0 Å². The lowest BCUT2D eigenvalue weighted by atomic mass is 10.0. The summed E-state index contributed by atoms with van der Waals surface area (Å²) in [4.78, 5) is 10.6. The first kappa shape index (κ1) is 13.7. The molecule has 0 saturated carbocycles. The molecule has 0 radical (unpaired) electrons. The van der Waals surface area contributed by atoms with Crippen molar-refractivity contribution in [1.29, 1.82) is 0 Å². The Bertz CT molecular complexity index is 360. The van der Waals surface area contributed by atoms with E-state index in [0.717, 1.165) is 12.1 Å². The lowest BCUT2D eigenvalue weighted by Gasteiger charge is -2.10. The number of carboxylic acid groups (broad SMARTS) is 1. The second-order valence-corrected chi connectivity index (χ2v) is 4.50. The summed E-state index contributed by atoms with van der Waals surface area (Å²) >= 11 is 0. The van der Waals surface area contributed by atoms with Gasteiger partial charge in [0.05, 0.1) is 0 Å². The number of carbonyl (C=O) groups is 1. The van der Waals surface area contributed by atoms with Crippen LogP contribution in [0, 0.1) is 0 Å². The van der Waals surface area contributed by atoms with Crippen LogP contribution in [0.5, 0.6) is 0 Å². The van der Waals surface area contributed by atoms with Crippen LogP contribution in [0.1, 0.15) is 25.0 Å². The van der Waals surface area contributed by atoms with Gasteiger partial charge in [0.2, 0.25) is 0 Å². The molecule has 4 nitrogen and oxygen atoms in total. The minimum Gasteiger partial charge on any atom is -0.480 e. The molecule has 0 bridgehead atoms. The van der Waals surface area contributed by atoms with Gasteiger partial charge in [0.15, 0.2) is 0 Å². The van der Waals surface area contributed by atoms with Crippen molar-refractivity contribution in [2.75, 3.05) is 0 Å². The van der Waals surface area contributed by atoms with Crippen LogP contribution in [0.2, 0.25) is 0 Å². The summed E-state index contributed by atoms with van der Waals surface area (Å²) in [6.45, 7) is 5.02. The fourth-order valence-electron chi connectivity index (χ4n) is 1.46. The Balaban J connectivity index is 2.53. The Morgan fingerprint density at radius 1 is 1.29 bits per heavy atom. The van der Waals surface area contributed by atoms with Gasteiger partial charge >= 0.3 is 5.97 Å². The maximum Gasteiger partial charge on any atom is 0.320 e. The van der Waals surface area contributed by atoms with E-state index in [-0.39, 0.29) is 0 Å². The van der Waals surface area contributed by atoms with Crippen LogP contribution in [0.4, 0.5) is 0 Å². The minimum absolute atomic E-state index is 0.368. The molecular formula is C13H20N2O2. The van der Waals surface area contributed by atoms with Crippen molar-refractivity contribution in [3.05, 3.63) is 35.4 Å². The van der Waals surface area contributed by atoms with Crippen LogP contribution in [0.25, 0.3) is 0 Å². The van der Waals surface area contributed by atoms with Gasteiger partial charge < -0.3 is 16.2 Å². The number of nitrogens with two attached hydrogens (primary N) is 1. The molecule has 1 rings (SSSR count). The van der Waals surface area contributed by atoms with Crippen molar-refractivity contribution >= 4 is 5.97 Å². The predicted molar refractivity (Wildman–Crippen MR) is 67.7 cm³/mol. The highest BCUT2D eigenvalue weighted by Gasteiger charge is 2.11. The first-order chi connectivity index (χ1) is 7.99. The highest BCUT2D eigenvalue weighted by Crippen LogP contribution is 2.06. The topological polar surface area (TPSA) is 75.3 Å². The maximum atomic E-state index is 10.6. The predicted octanol–water partition coefficient (Wildman–Crippen LogP) is 1.14. The standard InChI is InChI=1S/C13H20N2O2/c1-9(2)15-8-11-5-3-10(4-6-11)7-12(14)13(16)17/h3-6,9,12,15H,7-8,14H2,1-2H3,(H,16,17)/t12-/m0/s1. The molecule has 1 atom stereocenters. The van der Waals surface area contributed by atoms with Crippen LogP contribution in [-0.4, -0.2) is 23.2 Å². The average molecular weight is 236 g/mol. The van der Waals surface area contributed by atoms with E-state index in [4.69, 9.17) is 10.8 Å². The normalized spacial score (nSPS) is 12.7. The van der Waals surface area contributed by atoms with E-state index in [1.54, 1.807) is 0 Å². The highest BCUT2D eigenvalue weighted by atomic mass is 16.4. The van der Waals surface area contributed by atoms with Gasteiger partial charge in [0.25, 0.3) is 0 Å². The van der Waals surface area contributed by atoms with E-state index in [9.17, 15) is 4.79 Å². The number of aliphatic carboxylic acids is 1. The summed E-state index contributed by atoms with van der Waals surface area (Å²) in [5.74, 6) is -0.962. The van der Waals surface area contributed by atoms with Crippen molar-refractivity contribution in [3.8, 4) is 0 Å². The van der Waals surface area contributed by atoms with Crippen LogP contribution in [0.15, 0.2) is 24.3 Å². The lowest BCUT2D eigenvalue weighted by Crippen LogP contribution is -2.32. The van der Waals surface area contributed by atoms with E-state index in [0.29, 0.717) is 12.5 Å². The minimum atomic E-state index is -0.962. The molecule has 17 heavy (non-hydrogen) atoms. The number of rotatable bonds is 6. The molecule has 0 aliphatic carbocycles. The summed E-state index contributed by atoms with van der Waals surface area (Å²) in [5, 5.41) is 12.0. The molecule has 0 aromatic heterocycles. The molecular weight excluding hydrogens is 216 g/mol. The molecule has 0 aliphatic rings. The molecule has 4 N–H and O–H groups in total. The van der Waals surface area contributed by atoms with Crippen LogP contribution >= 0.6 is 0 Å². The number of benzene rings is 1. The first-order valence-electron chi connectivity index (χ1n) is 5.78. The largest absolute Gasteiger partial charge is 0.480 e. The Hall–Kier alpha value is -1.39. The molecule has 1 aromatic carbocycles. The molecule has 0 amide bonds. The number of nitrogens with one attached hydrogen (secondary N) is 1. The molecule has 0 saturated heterocycles. The molecule has 0 spiro atoms. The Kier molecular flexibility index (Phi) is 5.12. The van der Waals surface area contributed by atoms with E-state index in [2.05, 4.69) is 19.2 Å². The molecule has 4 heteroatoms. The van der Waals surface area contributed by atoms with Crippen LogP contribution in [-0.2, 0) is 17.8 Å². The Morgan fingerprint density at radius 3 is 2.29 bits per heavy atom. The quantitative estimate of drug-likeness (QED) is 0.692. The molecule has 0 heterocycles. The zero-order valence-electron chi connectivity index (χ0n) is 10.3. The second-order valence-electron chi connectivity index (χ2n) is 4.50. The first-order valence-corrected chi connectivity index (χ1v) is 5.78. The van der Waals surface area contributed by atoms with Gasteiger partial charge in [-0.05, 0) is 17.5 Å². The molecule has 0 aliphatic heterocycles. The zero-order chi connectivity index (χ0) is 12.8. The van der Waals surface area contributed by atoms with Gasteiger partial charge in [-0.25, -0.2) is 0 Å². The van der Waals surface area contributed by atoms with E-state index in [1.807, 2.05) is 24.3 Å². The van der Waals surface area contributed by atoms with E-state index in [1.165, 1.54) is 5.56 Å². The molecule has 0 fully saturated rings.